The highest BCUT2D eigenvalue weighted by atomic mass is 16.6. The van der Waals surface area contributed by atoms with E-state index in [-0.39, 0.29) is 24.4 Å². The molecule has 0 aliphatic rings. The van der Waals surface area contributed by atoms with Crippen LogP contribution in [0.3, 0.4) is 0 Å². The Morgan fingerprint density at radius 3 is 2.38 bits per heavy atom. The van der Waals surface area contributed by atoms with Gasteiger partial charge in [-0.3, -0.25) is 14.9 Å². The van der Waals surface area contributed by atoms with Crippen LogP contribution in [-0.2, 0) is 13.2 Å². The van der Waals surface area contributed by atoms with Gasteiger partial charge in [0.2, 0.25) is 0 Å². The SMILES string of the molecule is O=C(NCc1ccccc1CO)c1ccccc1[N+](=O)[O-]. The van der Waals surface area contributed by atoms with Gasteiger partial charge in [0.1, 0.15) is 5.56 Å². The molecule has 0 atom stereocenters. The quantitative estimate of drug-likeness (QED) is 0.649. The lowest BCUT2D eigenvalue weighted by Crippen LogP contribution is -2.24. The number of rotatable bonds is 5. The smallest absolute Gasteiger partial charge is 0.282 e. The molecule has 2 aromatic rings. The molecule has 1 amide bonds. The third-order valence-electron chi connectivity index (χ3n) is 3.07. The molecule has 0 saturated heterocycles. The number of aliphatic hydroxyl groups is 1. The number of nitrogens with zero attached hydrogens (tertiary/aromatic N) is 1. The molecule has 2 N–H and O–H groups in total. The van der Waals surface area contributed by atoms with Gasteiger partial charge in [-0.05, 0) is 17.2 Å². The lowest BCUT2D eigenvalue weighted by molar-refractivity contribution is -0.385. The van der Waals surface area contributed by atoms with Gasteiger partial charge in [0.05, 0.1) is 11.5 Å². The van der Waals surface area contributed by atoms with Gasteiger partial charge in [0, 0.05) is 12.6 Å². The molecule has 21 heavy (non-hydrogen) atoms. The number of carbonyl (C=O) groups excluding carboxylic acids is 1. The largest absolute Gasteiger partial charge is 0.392 e. The number of para-hydroxylation sites is 1. The van der Waals surface area contributed by atoms with Crippen LogP contribution in [0.15, 0.2) is 48.5 Å². The van der Waals surface area contributed by atoms with Crippen molar-refractivity contribution >= 4 is 11.6 Å². The van der Waals surface area contributed by atoms with Crippen LogP contribution in [-0.4, -0.2) is 15.9 Å². The lowest BCUT2D eigenvalue weighted by atomic mass is 10.1. The predicted molar refractivity (Wildman–Crippen MR) is 76.6 cm³/mol. The molecular formula is C15H14N2O4. The summed E-state index contributed by atoms with van der Waals surface area (Å²) < 4.78 is 0. The standard InChI is InChI=1S/C15H14N2O4/c18-10-12-6-2-1-5-11(12)9-16-15(19)13-7-3-4-8-14(13)17(20)21/h1-8,18H,9-10H2,(H,16,19). The number of nitro groups is 1. The maximum absolute atomic E-state index is 12.1. The highest BCUT2D eigenvalue weighted by molar-refractivity contribution is 5.98. The van der Waals surface area contributed by atoms with E-state index in [1.807, 2.05) is 0 Å². The number of amides is 1. The van der Waals surface area contributed by atoms with Crippen LogP contribution >= 0.6 is 0 Å². The number of nitrogens with one attached hydrogen (secondary N) is 1. The summed E-state index contributed by atoms with van der Waals surface area (Å²) in [6.45, 7) is 0.0686. The normalized spacial score (nSPS) is 10.1. The molecular weight excluding hydrogens is 272 g/mol. The number of carbonyl (C=O) groups is 1. The van der Waals surface area contributed by atoms with Gasteiger partial charge in [-0.15, -0.1) is 0 Å². The third kappa shape index (κ3) is 3.43. The molecule has 0 unspecified atom stereocenters. The Bertz CT molecular complexity index is 670. The summed E-state index contributed by atoms with van der Waals surface area (Å²) in [5.41, 5.74) is 1.27. The molecule has 0 aromatic heterocycles. The fraction of sp³-hybridized carbons (Fsp3) is 0.133. The van der Waals surface area contributed by atoms with Crippen molar-refractivity contribution in [2.45, 2.75) is 13.2 Å². The average Bonchev–Trinajstić information content (AvgIpc) is 2.52. The lowest BCUT2D eigenvalue weighted by Gasteiger charge is -2.09. The zero-order valence-corrected chi connectivity index (χ0v) is 11.2. The Labute approximate surface area is 121 Å². The van der Waals surface area contributed by atoms with Crippen molar-refractivity contribution in [3.63, 3.8) is 0 Å². The van der Waals surface area contributed by atoms with Crippen molar-refractivity contribution in [3.05, 3.63) is 75.3 Å². The Balaban J connectivity index is 2.14. The van der Waals surface area contributed by atoms with Crippen LogP contribution < -0.4 is 5.32 Å². The van der Waals surface area contributed by atoms with Gasteiger partial charge in [0.25, 0.3) is 11.6 Å². The van der Waals surface area contributed by atoms with E-state index in [4.69, 9.17) is 0 Å². The van der Waals surface area contributed by atoms with E-state index >= 15 is 0 Å². The number of aliphatic hydroxyl groups excluding tert-OH is 1. The topological polar surface area (TPSA) is 92.5 Å². The van der Waals surface area contributed by atoms with Crippen molar-refractivity contribution in [1.82, 2.24) is 5.32 Å². The third-order valence-corrected chi connectivity index (χ3v) is 3.07. The molecule has 0 bridgehead atoms. The summed E-state index contributed by atoms with van der Waals surface area (Å²) in [6, 6.07) is 12.9. The number of nitro benzene ring substituents is 1. The fourth-order valence-electron chi connectivity index (χ4n) is 1.98. The highest BCUT2D eigenvalue weighted by Gasteiger charge is 2.18. The van der Waals surface area contributed by atoms with Crippen LogP contribution in [0.5, 0.6) is 0 Å². The predicted octanol–water partition coefficient (Wildman–Crippen LogP) is 2.02. The minimum atomic E-state index is -0.587. The molecule has 108 valence electrons. The number of benzene rings is 2. The second-order valence-electron chi connectivity index (χ2n) is 4.38. The summed E-state index contributed by atoms with van der Waals surface area (Å²) in [6.07, 6.45) is 0. The van der Waals surface area contributed by atoms with E-state index in [0.717, 1.165) is 5.56 Å². The monoisotopic (exact) mass is 286 g/mol. The molecule has 0 aliphatic heterocycles. The maximum Gasteiger partial charge on any atom is 0.282 e. The molecule has 0 aliphatic carbocycles. The van der Waals surface area contributed by atoms with Gasteiger partial charge in [0.15, 0.2) is 0 Å². The Kier molecular flexibility index (Phi) is 4.63. The van der Waals surface area contributed by atoms with Gasteiger partial charge in [-0.2, -0.15) is 0 Å². The van der Waals surface area contributed by atoms with Gasteiger partial charge in [-0.25, -0.2) is 0 Å². The van der Waals surface area contributed by atoms with Gasteiger partial charge in [-0.1, -0.05) is 36.4 Å². The number of hydrogen-bond donors (Lipinski definition) is 2. The van der Waals surface area contributed by atoms with E-state index in [1.165, 1.54) is 18.2 Å². The minimum Gasteiger partial charge on any atom is -0.392 e. The molecule has 2 aromatic carbocycles. The molecule has 0 spiro atoms. The molecule has 2 rings (SSSR count). The van der Waals surface area contributed by atoms with Crippen LogP contribution in [0.25, 0.3) is 0 Å². The molecule has 0 saturated carbocycles. The maximum atomic E-state index is 12.1. The van der Waals surface area contributed by atoms with Crippen molar-refractivity contribution in [3.8, 4) is 0 Å². The fourth-order valence-corrected chi connectivity index (χ4v) is 1.98. The first kappa shape index (κ1) is 14.7. The zero-order valence-electron chi connectivity index (χ0n) is 11.2. The first-order valence-electron chi connectivity index (χ1n) is 6.32. The highest BCUT2D eigenvalue weighted by Crippen LogP contribution is 2.17. The molecule has 6 heteroatoms. The van der Waals surface area contributed by atoms with E-state index in [0.29, 0.717) is 5.56 Å². The Morgan fingerprint density at radius 1 is 1.10 bits per heavy atom. The van der Waals surface area contributed by atoms with Crippen molar-refractivity contribution in [1.29, 1.82) is 0 Å². The molecule has 0 heterocycles. The first-order chi connectivity index (χ1) is 10.1. The summed E-state index contributed by atoms with van der Waals surface area (Å²) in [5, 5.41) is 22.7. The van der Waals surface area contributed by atoms with Gasteiger partial charge < -0.3 is 10.4 Å². The Morgan fingerprint density at radius 2 is 1.71 bits per heavy atom. The summed E-state index contributed by atoms with van der Waals surface area (Å²) in [4.78, 5) is 22.4. The van der Waals surface area contributed by atoms with Gasteiger partial charge >= 0.3 is 0 Å². The second-order valence-corrected chi connectivity index (χ2v) is 4.38. The van der Waals surface area contributed by atoms with Crippen LogP contribution in [0.1, 0.15) is 21.5 Å². The second kappa shape index (κ2) is 6.62. The number of hydrogen-bond acceptors (Lipinski definition) is 4. The zero-order chi connectivity index (χ0) is 15.2. The minimum absolute atomic E-state index is 0.0176. The summed E-state index contributed by atoms with van der Waals surface area (Å²) in [5.74, 6) is -0.518. The van der Waals surface area contributed by atoms with Crippen LogP contribution in [0.4, 0.5) is 5.69 Å². The van der Waals surface area contributed by atoms with Crippen molar-refractivity contribution in [2.75, 3.05) is 0 Å². The summed E-state index contributed by atoms with van der Waals surface area (Å²) in [7, 11) is 0. The molecule has 6 nitrogen and oxygen atoms in total. The van der Waals surface area contributed by atoms with E-state index in [1.54, 1.807) is 30.3 Å². The molecule has 0 radical (unpaired) electrons. The van der Waals surface area contributed by atoms with Crippen LogP contribution in [0.2, 0.25) is 0 Å². The van der Waals surface area contributed by atoms with Crippen molar-refractivity contribution in [2.24, 2.45) is 0 Å². The average molecular weight is 286 g/mol. The van der Waals surface area contributed by atoms with E-state index in [9.17, 15) is 20.0 Å². The first-order valence-corrected chi connectivity index (χ1v) is 6.32. The van der Waals surface area contributed by atoms with E-state index in [2.05, 4.69) is 5.32 Å². The van der Waals surface area contributed by atoms with E-state index < -0.39 is 10.8 Å². The summed E-state index contributed by atoms with van der Waals surface area (Å²) >= 11 is 0. The Hall–Kier alpha value is -2.73. The van der Waals surface area contributed by atoms with Crippen LogP contribution in [0, 0.1) is 10.1 Å². The van der Waals surface area contributed by atoms with Crippen molar-refractivity contribution < 1.29 is 14.8 Å². The molecule has 0 fully saturated rings.